The van der Waals surface area contributed by atoms with Crippen LogP contribution in [0.3, 0.4) is 0 Å². The van der Waals surface area contributed by atoms with Crippen LogP contribution in [0.25, 0.3) is 11.0 Å². The molecule has 5 N–H and O–H groups in total. The molecule has 1 aliphatic rings. The fraction of sp³-hybridized carbons (Fsp3) is 0.368. The molecular formula is C38H44N10O9S. The number of carboxylic acid groups (broad SMARTS) is 1. The Kier molecular flexibility index (Phi) is 13.4. The van der Waals surface area contributed by atoms with Crippen molar-refractivity contribution in [2.24, 2.45) is 5.73 Å². The van der Waals surface area contributed by atoms with Crippen molar-refractivity contribution in [1.82, 2.24) is 34.8 Å². The molecule has 0 saturated carbocycles. The van der Waals surface area contributed by atoms with Gasteiger partial charge in [-0.15, -0.1) is 12.6 Å². The highest BCUT2D eigenvalue weighted by molar-refractivity contribution is 7.80. The highest BCUT2D eigenvalue weighted by Gasteiger charge is 2.24. The Bertz CT molecular complexity index is 2330. The number of carbonyl (C=O) groups is 4. The van der Waals surface area contributed by atoms with Gasteiger partial charge in [0.15, 0.2) is 18.1 Å². The molecule has 0 unspecified atom stereocenters. The van der Waals surface area contributed by atoms with E-state index in [0.717, 1.165) is 25.8 Å². The summed E-state index contributed by atoms with van der Waals surface area (Å²) < 4.78 is 24.4. The standard InChI is InChI=1S/C38H44N10O9S/c1-4-25-31(56-21-41-25)35(50)44-38-43-27-17-23(33(39)49)18-28(55-14-8-9-46-12-15-54-16-13-46)30(27)47(38)10-6-7-11-48(34-29(58)19-24(20-40-34)37(52)53)45-36(51)32-26(5-2)42-22(3)57-32/h6-7,17-21,58H,4-5,8-16H2,1-3H3,(H2,39,49)(H,45,51)(H,52,53)(H,43,44,50)/b7-6+. The lowest BCUT2D eigenvalue weighted by Crippen LogP contribution is -2.43. The van der Waals surface area contributed by atoms with Crippen LogP contribution in [-0.4, -0.2) is 104 Å². The minimum absolute atomic E-state index is 0.0102. The number of fused-ring (bicyclic) bond motifs is 1. The van der Waals surface area contributed by atoms with E-state index in [2.05, 4.69) is 48.2 Å². The first-order valence-corrected chi connectivity index (χ1v) is 19.0. The number of allylic oxidation sites excluding steroid dienone is 1. The van der Waals surface area contributed by atoms with Gasteiger partial charge in [-0.05, 0) is 37.5 Å². The summed E-state index contributed by atoms with van der Waals surface area (Å²) in [5.74, 6) is -2.10. The van der Waals surface area contributed by atoms with E-state index in [1.807, 2.05) is 13.8 Å². The summed E-state index contributed by atoms with van der Waals surface area (Å²) >= 11 is 4.47. The number of anilines is 2. The number of oxazole rings is 2. The second-order valence-corrected chi connectivity index (χ2v) is 13.6. The maximum absolute atomic E-state index is 13.5. The zero-order valence-corrected chi connectivity index (χ0v) is 33.1. The maximum Gasteiger partial charge on any atom is 0.337 e. The van der Waals surface area contributed by atoms with Crippen molar-refractivity contribution in [2.45, 2.75) is 51.5 Å². The molecule has 1 fully saturated rings. The number of pyridine rings is 1. The molecule has 1 aliphatic heterocycles. The number of aryl methyl sites for hydroxylation is 3. The normalized spacial score (nSPS) is 13.2. The van der Waals surface area contributed by atoms with Crippen LogP contribution in [0.2, 0.25) is 0 Å². The smallest absolute Gasteiger partial charge is 0.337 e. The van der Waals surface area contributed by atoms with E-state index in [4.69, 9.17) is 24.0 Å². The third kappa shape index (κ3) is 9.64. The molecule has 5 heterocycles. The molecule has 0 atom stereocenters. The van der Waals surface area contributed by atoms with Gasteiger partial charge in [0.05, 0.1) is 48.8 Å². The average Bonchev–Trinajstić information content (AvgIpc) is 3.94. The number of carboxylic acids is 1. The number of rotatable bonds is 18. The maximum atomic E-state index is 13.5. The zero-order chi connectivity index (χ0) is 41.3. The summed E-state index contributed by atoms with van der Waals surface area (Å²) in [6, 6.07) is 4.39. The van der Waals surface area contributed by atoms with Crippen molar-refractivity contribution < 1.29 is 42.6 Å². The third-order valence-corrected chi connectivity index (χ3v) is 9.48. The van der Waals surface area contributed by atoms with Crippen molar-refractivity contribution in [3.8, 4) is 5.75 Å². The molecule has 19 nitrogen and oxygen atoms in total. The van der Waals surface area contributed by atoms with Crippen LogP contribution in [0.5, 0.6) is 5.75 Å². The van der Waals surface area contributed by atoms with Crippen LogP contribution < -0.4 is 26.2 Å². The van der Waals surface area contributed by atoms with Crippen LogP contribution in [-0.2, 0) is 24.1 Å². The van der Waals surface area contributed by atoms with Crippen LogP contribution in [0.15, 0.2) is 56.7 Å². The van der Waals surface area contributed by atoms with Gasteiger partial charge < -0.3 is 33.7 Å². The van der Waals surface area contributed by atoms with Gasteiger partial charge in [0, 0.05) is 49.8 Å². The number of aromatic nitrogens is 5. The molecule has 0 aliphatic carbocycles. The number of morpholine rings is 1. The molecule has 4 aromatic heterocycles. The molecular weight excluding hydrogens is 773 g/mol. The van der Waals surface area contributed by atoms with E-state index >= 15 is 0 Å². The molecule has 6 rings (SSSR count). The number of hydrazine groups is 1. The number of nitrogens with zero attached hydrogens (tertiary/aromatic N) is 7. The average molecular weight is 817 g/mol. The molecule has 0 radical (unpaired) electrons. The van der Waals surface area contributed by atoms with Gasteiger partial charge >= 0.3 is 11.9 Å². The van der Waals surface area contributed by atoms with Crippen LogP contribution in [0, 0.1) is 6.92 Å². The van der Waals surface area contributed by atoms with Gasteiger partial charge in [-0.3, -0.25) is 35.0 Å². The molecule has 5 aromatic rings. The molecule has 1 saturated heterocycles. The predicted octanol–water partition coefficient (Wildman–Crippen LogP) is 3.69. The van der Waals surface area contributed by atoms with Crippen molar-refractivity contribution in [1.29, 1.82) is 0 Å². The Balaban J connectivity index is 1.32. The molecule has 1 aromatic carbocycles. The predicted molar refractivity (Wildman–Crippen MR) is 212 cm³/mol. The van der Waals surface area contributed by atoms with E-state index < -0.39 is 23.7 Å². The van der Waals surface area contributed by atoms with Gasteiger partial charge in [-0.25, -0.2) is 24.7 Å². The first-order valence-electron chi connectivity index (χ1n) is 18.6. The first-order chi connectivity index (χ1) is 28.0. The summed E-state index contributed by atoms with van der Waals surface area (Å²) in [6.07, 6.45) is 7.41. The Hall–Kier alpha value is -6.25. The van der Waals surface area contributed by atoms with Crippen LogP contribution in [0.4, 0.5) is 11.8 Å². The Labute approximate surface area is 338 Å². The number of imidazole rings is 1. The Morgan fingerprint density at radius 2 is 1.79 bits per heavy atom. The number of benzene rings is 1. The number of primary amides is 1. The lowest BCUT2D eigenvalue weighted by atomic mass is 10.1. The molecule has 0 spiro atoms. The van der Waals surface area contributed by atoms with Gasteiger partial charge in [0.2, 0.25) is 23.4 Å². The van der Waals surface area contributed by atoms with E-state index in [0.29, 0.717) is 73.1 Å². The van der Waals surface area contributed by atoms with Gasteiger partial charge in [-0.1, -0.05) is 26.0 Å². The summed E-state index contributed by atoms with van der Waals surface area (Å²) in [5, 5.41) is 13.7. The summed E-state index contributed by atoms with van der Waals surface area (Å²) in [6.45, 7) is 9.53. The molecule has 20 heteroatoms. The number of thiol groups is 1. The van der Waals surface area contributed by atoms with Crippen molar-refractivity contribution in [2.75, 3.05) is 56.3 Å². The lowest BCUT2D eigenvalue weighted by molar-refractivity contribution is 0.0358. The number of carbonyl (C=O) groups excluding carboxylic acids is 3. The summed E-state index contributed by atoms with van der Waals surface area (Å²) in [5.41, 5.74) is 10.3. The van der Waals surface area contributed by atoms with Crippen molar-refractivity contribution in [3.05, 3.63) is 82.9 Å². The van der Waals surface area contributed by atoms with Crippen molar-refractivity contribution in [3.63, 3.8) is 0 Å². The molecule has 306 valence electrons. The third-order valence-electron chi connectivity index (χ3n) is 9.15. The number of amides is 3. The highest BCUT2D eigenvalue weighted by Crippen LogP contribution is 2.32. The number of nitrogens with two attached hydrogens (primary N) is 1. The fourth-order valence-corrected chi connectivity index (χ4v) is 6.61. The van der Waals surface area contributed by atoms with Crippen LogP contribution >= 0.6 is 12.6 Å². The second kappa shape index (κ2) is 18.8. The van der Waals surface area contributed by atoms with E-state index in [1.54, 1.807) is 29.7 Å². The van der Waals surface area contributed by atoms with Gasteiger partial charge in [-0.2, -0.15) is 0 Å². The first kappa shape index (κ1) is 41.4. The topological polar surface area (TPSA) is 246 Å². The number of ether oxygens (including phenoxy) is 2. The fourth-order valence-electron chi connectivity index (χ4n) is 6.29. The number of aromatic carboxylic acids is 1. The van der Waals surface area contributed by atoms with E-state index in [9.17, 15) is 24.3 Å². The Morgan fingerprint density at radius 1 is 1.02 bits per heavy atom. The number of hydrogen-bond acceptors (Lipinski definition) is 15. The zero-order valence-electron chi connectivity index (χ0n) is 32.2. The number of hydrogen-bond donors (Lipinski definition) is 5. The van der Waals surface area contributed by atoms with E-state index in [-0.39, 0.29) is 52.4 Å². The Morgan fingerprint density at radius 3 is 2.50 bits per heavy atom. The quantitative estimate of drug-likeness (QED) is 0.0366. The van der Waals surface area contributed by atoms with Crippen molar-refractivity contribution >= 4 is 59.1 Å². The van der Waals surface area contributed by atoms with Crippen LogP contribution in [0.1, 0.15) is 79.4 Å². The monoisotopic (exact) mass is 816 g/mol. The minimum atomic E-state index is -1.19. The molecule has 0 bridgehead atoms. The van der Waals surface area contributed by atoms with Gasteiger partial charge in [0.25, 0.3) is 5.91 Å². The summed E-state index contributed by atoms with van der Waals surface area (Å²) in [7, 11) is 0. The number of nitrogens with one attached hydrogen (secondary N) is 2. The molecule has 58 heavy (non-hydrogen) atoms. The van der Waals surface area contributed by atoms with E-state index in [1.165, 1.54) is 23.5 Å². The van der Waals surface area contributed by atoms with Gasteiger partial charge in [0.1, 0.15) is 11.3 Å². The largest absolute Gasteiger partial charge is 0.491 e. The second-order valence-electron chi connectivity index (χ2n) is 13.1. The highest BCUT2D eigenvalue weighted by atomic mass is 32.1. The molecule has 3 amide bonds. The summed E-state index contributed by atoms with van der Waals surface area (Å²) in [4.78, 5) is 70.9. The lowest BCUT2D eigenvalue weighted by Gasteiger charge is -2.26. The minimum Gasteiger partial charge on any atom is -0.491 e. The SMILES string of the molecule is CCc1ncoc1C(=O)Nc1nc2cc(C(N)=O)cc(OCCCN3CCOCC3)c2n1C/C=C/CN(NC(=O)c1oc(C)nc1CC)c1ncc(C(=O)O)cc1S.